The molecule has 9 heteroatoms. The summed E-state index contributed by atoms with van der Waals surface area (Å²) in [5.41, 5.74) is 2.41. The van der Waals surface area contributed by atoms with E-state index in [-0.39, 0.29) is 16.6 Å². The van der Waals surface area contributed by atoms with Gasteiger partial charge in [0.2, 0.25) is 10.0 Å². The largest absolute Gasteiger partial charge is 0.456 e. The van der Waals surface area contributed by atoms with Crippen LogP contribution in [-0.4, -0.2) is 75.9 Å². The number of carbonyl (C=O) groups is 1. The molecule has 0 atom stereocenters. The average molecular weight is 459 g/mol. The number of hydrogen-bond donors (Lipinski definition) is 2. The van der Waals surface area contributed by atoms with E-state index in [1.54, 1.807) is 17.0 Å². The Morgan fingerprint density at radius 3 is 2.09 bits per heavy atom. The second kappa shape index (κ2) is 9.58. The lowest BCUT2D eigenvalue weighted by atomic mass is 10.1. The third-order valence-electron chi connectivity index (χ3n) is 5.71. The Morgan fingerprint density at radius 1 is 0.875 bits per heavy atom. The van der Waals surface area contributed by atoms with Gasteiger partial charge in [0.25, 0.3) is 5.91 Å². The van der Waals surface area contributed by atoms with Crippen molar-refractivity contribution in [3.63, 3.8) is 0 Å². The van der Waals surface area contributed by atoms with Crippen molar-refractivity contribution in [3.05, 3.63) is 53.1 Å². The first-order valence-electron chi connectivity index (χ1n) is 11.0. The number of amides is 1. The highest BCUT2D eigenvalue weighted by Crippen LogP contribution is 2.33. The van der Waals surface area contributed by atoms with Crippen LogP contribution in [0, 0.1) is 13.8 Å². The molecule has 2 heterocycles. The topological polar surface area (TPSA) is 91.0 Å². The SMILES string of the molecule is Cc1cc(C)cc(Oc2ccc(C(=O)N3CCNCC3)cc2S(=O)(=O)N2CCNCC2)c1. The molecular weight excluding hydrogens is 428 g/mol. The molecule has 2 N–H and O–H groups in total. The van der Waals surface area contributed by atoms with Gasteiger partial charge < -0.3 is 20.3 Å². The predicted molar refractivity (Wildman–Crippen MR) is 123 cm³/mol. The van der Waals surface area contributed by atoms with Gasteiger partial charge in [-0.3, -0.25) is 4.79 Å². The van der Waals surface area contributed by atoms with Gasteiger partial charge in [-0.1, -0.05) is 6.07 Å². The van der Waals surface area contributed by atoms with Gasteiger partial charge in [-0.05, 0) is 55.3 Å². The quantitative estimate of drug-likeness (QED) is 0.709. The maximum absolute atomic E-state index is 13.6. The first-order valence-corrected chi connectivity index (χ1v) is 12.4. The molecule has 0 aromatic heterocycles. The molecule has 2 aliphatic rings. The number of nitrogens with zero attached hydrogens (tertiary/aromatic N) is 2. The van der Waals surface area contributed by atoms with Crippen LogP contribution in [0.25, 0.3) is 0 Å². The number of ether oxygens (including phenoxy) is 1. The van der Waals surface area contributed by atoms with Crippen molar-refractivity contribution < 1.29 is 17.9 Å². The minimum atomic E-state index is -3.83. The van der Waals surface area contributed by atoms with Crippen LogP contribution in [0.1, 0.15) is 21.5 Å². The zero-order valence-corrected chi connectivity index (χ0v) is 19.4. The van der Waals surface area contributed by atoms with E-state index in [0.29, 0.717) is 50.6 Å². The third-order valence-corrected chi connectivity index (χ3v) is 7.63. The van der Waals surface area contributed by atoms with Crippen molar-refractivity contribution in [2.45, 2.75) is 18.7 Å². The molecule has 0 saturated carbocycles. The molecule has 2 fully saturated rings. The molecular formula is C23H30N4O4S. The van der Waals surface area contributed by atoms with Gasteiger partial charge in [0.05, 0.1) is 0 Å². The van der Waals surface area contributed by atoms with Crippen LogP contribution in [0.15, 0.2) is 41.3 Å². The summed E-state index contributed by atoms with van der Waals surface area (Å²) < 4.78 is 34.7. The molecule has 0 spiro atoms. The van der Waals surface area contributed by atoms with Gasteiger partial charge in [0.1, 0.15) is 16.4 Å². The summed E-state index contributed by atoms with van der Waals surface area (Å²) in [5.74, 6) is 0.632. The maximum atomic E-state index is 13.6. The second-order valence-corrected chi connectivity index (χ2v) is 10.2. The van der Waals surface area contributed by atoms with Crippen molar-refractivity contribution in [2.24, 2.45) is 0 Å². The minimum absolute atomic E-state index is 0.0274. The highest BCUT2D eigenvalue weighted by atomic mass is 32.2. The number of hydrogen-bond acceptors (Lipinski definition) is 6. The number of piperazine rings is 2. The average Bonchev–Trinajstić information content (AvgIpc) is 2.79. The van der Waals surface area contributed by atoms with Crippen LogP contribution >= 0.6 is 0 Å². The lowest BCUT2D eigenvalue weighted by Gasteiger charge is -2.29. The molecule has 2 saturated heterocycles. The van der Waals surface area contributed by atoms with Gasteiger partial charge in [0, 0.05) is 57.9 Å². The first kappa shape index (κ1) is 22.7. The molecule has 1 amide bonds. The van der Waals surface area contributed by atoms with E-state index >= 15 is 0 Å². The number of benzene rings is 2. The van der Waals surface area contributed by atoms with Gasteiger partial charge in [0.15, 0.2) is 0 Å². The Bertz CT molecular complexity index is 1070. The molecule has 172 valence electrons. The summed E-state index contributed by atoms with van der Waals surface area (Å²) in [6.07, 6.45) is 0. The highest BCUT2D eigenvalue weighted by molar-refractivity contribution is 7.89. The van der Waals surface area contributed by atoms with E-state index in [1.807, 2.05) is 32.0 Å². The number of nitrogens with one attached hydrogen (secondary N) is 2. The minimum Gasteiger partial charge on any atom is -0.456 e. The lowest BCUT2D eigenvalue weighted by molar-refractivity contribution is 0.0735. The zero-order valence-electron chi connectivity index (χ0n) is 18.6. The number of sulfonamides is 1. The maximum Gasteiger partial charge on any atom is 0.253 e. The number of aryl methyl sites for hydroxylation is 2. The van der Waals surface area contributed by atoms with Crippen LogP contribution in [0.3, 0.4) is 0 Å². The fourth-order valence-corrected chi connectivity index (χ4v) is 5.70. The molecule has 8 nitrogen and oxygen atoms in total. The molecule has 0 radical (unpaired) electrons. The van der Waals surface area contributed by atoms with E-state index in [1.165, 1.54) is 10.4 Å². The normalized spacial score (nSPS) is 17.9. The van der Waals surface area contributed by atoms with E-state index in [2.05, 4.69) is 10.6 Å². The fourth-order valence-electron chi connectivity index (χ4n) is 4.12. The van der Waals surface area contributed by atoms with Crippen LogP contribution in [-0.2, 0) is 10.0 Å². The van der Waals surface area contributed by atoms with Crippen LogP contribution in [0.4, 0.5) is 0 Å². The van der Waals surface area contributed by atoms with Crippen LogP contribution in [0.2, 0.25) is 0 Å². The van der Waals surface area contributed by atoms with Gasteiger partial charge >= 0.3 is 0 Å². The van der Waals surface area contributed by atoms with E-state index in [4.69, 9.17) is 4.74 Å². The summed E-state index contributed by atoms with van der Waals surface area (Å²) >= 11 is 0. The molecule has 0 aliphatic carbocycles. The van der Waals surface area contributed by atoms with Crippen molar-refractivity contribution in [1.82, 2.24) is 19.8 Å². The van der Waals surface area contributed by atoms with Gasteiger partial charge in [-0.2, -0.15) is 4.31 Å². The predicted octanol–water partition coefficient (Wildman–Crippen LogP) is 1.74. The molecule has 2 aromatic carbocycles. The Hall–Kier alpha value is -2.46. The number of rotatable bonds is 5. The summed E-state index contributed by atoms with van der Waals surface area (Å²) in [5, 5.41) is 6.40. The van der Waals surface area contributed by atoms with E-state index < -0.39 is 10.0 Å². The Kier molecular flexibility index (Phi) is 6.80. The highest BCUT2D eigenvalue weighted by Gasteiger charge is 2.31. The molecule has 2 aromatic rings. The Balaban J connectivity index is 1.73. The van der Waals surface area contributed by atoms with Gasteiger partial charge in [-0.15, -0.1) is 0 Å². The Morgan fingerprint density at radius 2 is 1.47 bits per heavy atom. The lowest BCUT2D eigenvalue weighted by Crippen LogP contribution is -2.47. The summed E-state index contributed by atoms with van der Waals surface area (Å²) in [7, 11) is -3.83. The molecule has 2 aliphatic heterocycles. The monoisotopic (exact) mass is 458 g/mol. The first-order chi connectivity index (χ1) is 15.3. The summed E-state index contributed by atoms with van der Waals surface area (Å²) in [6.45, 7) is 8.51. The van der Waals surface area contributed by atoms with Crippen molar-refractivity contribution in [1.29, 1.82) is 0 Å². The Labute approximate surface area is 189 Å². The zero-order chi connectivity index (χ0) is 22.7. The second-order valence-electron chi connectivity index (χ2n) is 8.28. The van der Waals surface area contributed by atoms with Crippen molar-refractivity contribution >= 4 is 15.9 Å². The standard InChI is InChI=1S/C23H30N4O4S/c1-17-13-18(2)15-20(14-17)31-21-4-3-19(23(28)26-9-5-24-6-10-26)16-22(21)32(29,30)27-11-7-25-8-12-27/h3-4,13-16,24-25H,5-12H2,1-2H3. The van der Waals surface area contributed by atoms with Crippen LogP contribution < -0.4 is 15.4 Å². The third kappa shape index (κ3) is 4.96. The number of carbonyl (C=O) groups excluding carboxylic acids is 1. The molecule has 4 rings (SSSR count). The fraction of sp³-hybridized carbons (Fsp3) is 0.435. The smallest absolute Gasteiger partial charge is 0.253 e. The van der Waals surface area contributed by atoms with Crippen molar-refractivity contribution in [3.8, 4) is 11.5 Å². The van der Waals surface area contributed by atoms with Gasteiger partial charge in [-0.25, -0.2) is 8.42 Å². The summed E-state index contributed by atoms with van der Waals surface area (Å²) in [4.78, 5) is 14.8. The molecule has 0 bridgehead atoms. The van der Waals surface area contributed by atoms with Crippen molar-refractivity contribution in [2.75, 3.05) is 52.4 Å². The molecule has 0 unspecified atom stereocenters. The van der Waals surface area contributed by atoms with E-state index in [0.717, 1.165) is 24.2 Å². The molecule has 32 heavy (non-hydrogen) atoms. The van der Waals surface area contributed by atoms with E-state index in [9.17, 15) is 13.2 Å². The van der Waals surface area contributed by atoms with Crippen LogP contribution in [0.5, 0.6) is 11.5 Å². The summed E-state index contributed by atoms with van der Waals surface area (Å²) in [6, 6.07) is 10.5.